The Hall–Kier alpha value is -4.07. The average Bonchev–Trinajstić information content (AvgIpc) is 2.90. The Bertz CT molecular complexity index is 1180. The van der Waals surface area contributed by atoms with Crippen LogP contribution in [-0.4, -0.2) is 60.2 Å². The number of alkyl carbamates (subject to hydrolysis) is 1. The minimum absolute atomic E-state index is 0.000503. The van der Waals surface area contributed by atoms with Crippen LogP contribution in [0.25, 0.3) is 10.8 Å². The summed E-state index contributed by atoms with van der Waals surface area (Å²) < 4.78 is 5.10. The number of nitrogens with zero attached hydrogens (tertiary/aromatic N) is 2. The summed E-state index contributed by atoms with van der Waals surface area (Å²) in [6, 6.07) is 22.5. The second-order valence-corrected chi connectivity index (χ2v) is 8.53. The fourth-order valence-electron chi connectivity index (χ4n) is 4.18. The number of aliphatic carboxylic acids is 1. The van der Waals surface area contributed by atoms with Gasteiger partial charge in [-0.3, -0.25) is 4.79 Å². The summed E-state index contributed by atoms with van der Waals surface area (Å²) in [6.45, 7) is 2.58. The van der Waals surface area contributed by atoms with Gasteiger partial charge in [0.25, 0.3) is 0 Å². The van der Waals surface area contributed by atoms with Crippen LogP contribution in [0.15, 0.2) is 72.8 Å². The third-order valence-electron chi connectivity index (χ3n) is 6.18. The maximum absolute atomic E-state index is 12.7. The zero-order chi connectivity index (χ0) is 24.6. The zero-order valence-corrected chi connectivity index (χ0v) is 19.4. The molecule has 0 saturated carbocycles. The molecule has 1 fully saturated rings. The molecule has 0 aromatic heterocycles. The van der Waals surface area contributed by atoms with Gasteiger partial charge < -0.3 is 25.0 Å². The molecule has 2 N–H and O–H groups in total. The Balaban J connectivity index is 1.23. The number of benzene rings is 3. The van der Waals surface area contributed by atoms with Crippen LogP contribution >= 0.6 is 0 Å². The Labute approximate surface area is 204 Å². The van der Waals surface area contributed by atoms with E-state index in [1.807, 2.05) is 30.3 Å². The number of carbonyl (C=O) groups is 3. The standard InChI is InChI=1S/C27H29N3O5/c31-25(13-12-24(26(32)33)28-27(34)35-19-20-6-2-1-3-7-20)30-16-14-29(15-17-30)23-11-10-21-8-4-5-9-22(21)18-23/h1-11,18,24H,12-17,19H2,(H,28,34)(H,32,33)/t24-/m0/s1. The molecule has 0 radical (unpaired) electrons. The van der Waals surface area contributed by atoms with Crippen molar-refractivity contribution in [3.05, 3.63) is 78.4 Å². The number of fused-ring (bicyclic) bond motifs is 1. The molecule has 8 nitrogen and oxygen atoms in total. The summed E-state index contributed by atoms with van der Waals surface area (Å²) in [7, 11) is 0. The number of anilines is 1. The molecule has 3 aromatic rings. The predicted molar refractivity (Wildman–Crippen MR) is 133 cm³/mol. The monoisotopic (exact) mass is 475 g/mol. The van der Waals surface area contributed by atoms with Crippen LogP contribution in [0.3, 0.4) is 0 Å². The van der Waals surface area contributed by atoms with E-state index < -0.39 is 18.1 Å². The molecule has 35 heavy (non-hydrogen) atoms. The predicted octanol–water partition coefficient (Wildman–Crippen LogP) is 3.65. The van der Waals surface area contributed by atoms with Crippen LogP contribution in [0.5, 0.6) is 0 Å². The van der Waals surface area contributed by atoms with Gasteiger partial charge >= 0.3 is 12.1 Å². The quantitative estimate of drug-likeness (QED) is 0.516. The topological polar surface area (TPSA) is 99.2 Å². The average molecular weight is 476 g/mol. The maximum Gasteiger partial charge on any atom is 0.408 e. The number of amides is 2. The first kappa shape index (κ1) is 24.1. The minimum atomic E-state index is -1.20. The van der Waals surface area contributed by atoms with Gasteiger partial charge in [-0.2, -0.15) is 0 Å². The number of carbonyl (C=O) groups excluding carboxylic acids is 2. The second kappa shape index (κ2) is 11.4. The number of piperazine rings is 1. The van der Waals surface area contributed by atoms with Crippen molar-refractivity contribution >= 4 is 34.4 Å². The number of carboxylic acid groups (broad SMARTS) is 1. The molecular weight excluding hydrogens is 446 g/mol. The maximum atomic E-state index is 12.7. The van der Waals surface area contributed by atoms with Gasteiger partial charge in [-0.05, 0) is 34.9 Å². The molecule has 182 valence electrons. The number of rotatable bonds is 8. The van der Waals surface area contributed by atoms with E-state index in [0.29, 0.717) is 26.2 Å². The van der Waals surface area contributed by atoms with Gasteiger partial charge in [0, 0.05) is 38.3 Å². The van der Waals surface area contributed by atoms with Gasteiger partial charge in [-0.15, -0.1) is 0 Å². The van der Waals surface area contributed by atoms with Crippen LogP contribution in [0.2, 0.25) is 0 Å². The van der Waals surface area contributed by atoms with E-state index in [2.05, 4.69) is 40.5 Å². The molecule has 1 aliphatic heterocycles. The first-order valence-electron chi connectivity index (χ1n) is 11.7. The van der Waals surface area contributed by atoms with Gasteiger partial charge in [0.15, 0.2) is 0 Å². The van der Waals surface area contributed by atoms with E-state index >= 15 is 0 Å². The molecule has 1 saturated heterocycles. The Kier molecular flexibility index (Phi) is 7.82. The summed E-state index contributed by atoms with van der Waals surface area (Å²) in [5, 5.41) is 14.2. The van der Waals surface area contributed by atoms with Crippen molar-refractivity contribution in [2.24, 2.45) is 0 Å². The lowest BCUT2D eigenvalue weighted by atomic mass is 10.1. The summed E-state index contributed by atoms with van der Waals surface area (Å²) in [5.74, 6) is -1.32. The fourth-order valence-corrected chi connectivity index (χ4v) is 4.18. The Morgan fingerprint density at radius 3 is 2.29 bits per heavy atom. The summed E-state index contributed by atoms with van der Waals surface area (Å²) in [6.07, 6.45) is -0.788. The summed E-state index contributed by atoms with van der Waals surface area (Å²) >= 11 is 0. The first-order chi connectivity index (χ1) is 17.0. The largest absolute Gasteiger partial charge is 0.480 e. The van der Waals surface area contributed by atoms with Crippen molar-refractivity contribution in [1.29, 1.82) is 0 Å². The molecule has 2 amide bonds. The van der Waals surface area contributed by atoms with Crippen molar-refractivity contribution < 1.29 is 24.2 Å². The molecule has 0 aliphatic carbocycles. The van der Waals surface area contributed by atoms with Crippen molar-refractivity contribution in [1.82, 2.24) is 10.2 Å². The highest BCUT2D eigenvalue weighted by molar-refractivity contribution is 5.86. The van der Waals surface area contributed by atoms with E-state index in [4.69, 9.17) is 4.74 Å². The van der Waals surface area contributed by atoms with Crippen LogP contribution in [0, 0.1) is 0 Å². The fraction of sp³-hybridized carbons (Fsp3) is 0.296. The van der Waals surface area contributed by atoms with Crippen LogP contribution < -0.4 is 10.2 Å². The van der Waals surface area contributed by atoms with Gasteiger partial charge in [-0.1, -0.05) is 60.7 Å². The van der Waals surface area contributed by atoms with Gasteiger partial charge in [-0.25, -0.2) is 9.59 Å². The molecular formula is C27H29N3O5. The van der Waals surface area contributed by atoms with Crippen molar-refractivity contribution in [3.63, 3.8) is 0 Å². The highest BCUT2D eigenvalue weighted by Crippen LogP contribution is 2.23. The van der Waals surface area contributed by atoms with Gasteiger partial charge in [0.05, 0.1) is 0 Å². The number of hydrogen-bond acceptors (Lipinski definition) is 5. The third kappa shape index (κ3) is 6.50. The minimum Gasteiger partial charge on any atom is -0.480 e. The SMILES string of the molecule is O=C(N[C@@H](CCC(=O)N1CCN(c2ccc3ccccc3c2)CC1)C(=O)O)OCc1ccccc1. The molecule has 1 atom stereocenters. The smallest absolute Gasteiger partial charge is 0.408 e. The lowest BCUT2D eigenvalue weighted by Gasteiger charge is -2.36. The van der Waals surface area contributed by atoms with E-state index in [-0.39, 0.29) is 25.4 Å². The van der Waals surface area contributed by atoms with Crippen molar-refractivity contribution in [3.8, 4) is 0 Å². The molecule has 0 spiro atoms. The van der Waals surface area contributed by atoms with Gasteiger partial charge in [0.1, 0.15) is 12.6 Å². The van der Waals surface area contributed by atoms with Crippen molar-refractivity contribution in [2.45, 2.75) is 25.5 Å². The number of hydrogen-bond donors (Lipinski definition) is 2. The Morgan fingerprint density at radius 1 is 0.886 bits per heavy atom. The van der Waals surface area contributed by atoms with E-state index in [1.165, 1.54) is 10.8 Å². The normalized spacial score (nSPS) is 14.4. The highest BCUT2D eigenvalue weighted by atomic mass is 16.5. The molecule has 0 unspecified atom stereocenters. The Morgan fingerprint density at radius 2 is 1.57 bits per heavy atom. The molecule has 8 heteroatoms. The third-order valence-corrected chi connectivity index (χ3v) is 6.18. The summed E-state index contributed by atoms with van der Waals surface area (Å²) in [5.41, 5.74) is 1.92. The first-order valence-corrected chi connectivity index (χ1v) is 11.7. The number of ether oxygens (including phenoxy) is 1. The van der Waals surface area contributed by atoms with Crippen LogP contribution in [-0.2, 0) is 20.9 Å². The van der Waals surface area contributed by atoms with Crippen molar-refractivity contribution in [2.75, 3.05) is 31.1 Å². The summed E-state index contributed by atoms with van der Waals surface area (Å²) in [4.78, 5) is 40.3. The number of nitrogens with one attached hydrogen (secondary N) is 1. The highest BCUT2D eigenvalue weighted by Gasteiger charge is 2.25. The molecule has 1 heterocycles. The van der Waals surface area contributed by atoms with Crippen LogP contribution in [0.1, 0.15) is 18.4 Å². The van der Waals surface area contributed by atoms with E-state index in [0.717, 1.165) is 11.3 Å². The zero-order valence-electron chi connectivity index (χ0n) is 19.4. The van der Waals surface area contributed by atoms with E-state index in [9.17, 15) is 19.5 Å². The van der Waals surface area contributed by atoms with Gasteiger partial charge in [0.2, 0.25) is 5.91 Å². The lowest BCUT2D eigenvalue weighted by Crippen LogP contribution is -2.49. The van der Waals surface area contributed by atoms with E-state index in [1.54, 1.807) is 17.0 Å². The molecule has 0 bridgehead atoms. The second-order valence-electron chi connectivity index (χ2n) is 8.53. The molecule has 1 aliphatic rings. The molecule has 4 rings (SSSR count). The van der Waals surface area contributed by atoms with Crippen LogP contribution in [0.4, 0.5) is 10.5 Å². The number of carboxylic acids is 1. The molecule has 3 aromatic carbocycles. The lowest BCUT2D eigenvalue weighted by molar-refractivity contribution is -0.140.